The second kappa shape index (κ2) is 6.94. The molecule has 1 aromatic heterocycles. The Labute approximate surface area is 112 Å². The molecule has 1 rings (SSSR count). The lowest BCUT2D eigenvalue weighted by Crippen LogP contribution is -2.39. The molecule has 0 bridgehead atoms. The van der Waals surface area contributed by atoms with E-state index in [0.29, 0.717) is 18.2 Å². The number of rotatable bonds is 6. The minimum atomic E-state index is -0.334. The zero-order valence-electron chi connectivity index (χ0n) is 11.6. The van der Waals surface area contributed by atoms with Crippen molar-refractivity contribution in [1.29, 1.82) is 0 Å². The van der Waals surface area contributed by atoms with Crippen molar-refractivity contribution in [3.05, 3.63) is 23.7 Å². The highest BCUT2D eigenvalue weighted by atomic mass is 16.4. The van der Waals surface area contributed by atoms with Crippen molar-refractivity contribution >= 4 is 11.8 Å². The Morgan fingerprint density at radius 2 is 2.11 bits per heavy atom. The van der Waals surface area contributed by atoms with Crippen LogP contribution >= 0.6 is 0 Å². The summed E-state index contributed by atoms with van der Waals surface area (Å²) < 4.78 is 5.25. The Balaban J connectivity index is 2.50. The first kappa shape index (κ1) is 15.2. The highest BCUT2D eigenvalue weighted by Crippen LogP contribution is 2.09. The molecule has 6 heteroatoms. The number of hydrogen-bond acceptors (Lipinski definition) is 4. The summed E-state index contributed by atoms with van der Waals surface area (Å²) in [6.45, 7) is 4.85. The lowest BCUT2D eigenvalue weighted by Gasteiger charge is -2.16. The van der Waals surface area contributed by atoms with Gasteiger partial charge in [0.1, 0.15) is 5.76 Å². The van der Waals surface area contributed by atoms with Crippen LogP contribution in [0.5, 0.6) is 0 Å². The van der Waals surface area contributed by atoms with E-state index in [1.807, 2.05) is 13.8 Å². The van der Waals surface area contributed by atoms with E-state index in [1.165, 1.54) is 4.90 Å². The molecule has 106 valence electrons. The van der Waals surface area contributed by atoms with Crippen molar-refractivity contribution in [2.24, 2.45) is 11.7 Å². The van der Waals surface area contributed by atoms with Crippen LogP contribution in [0.15, 0.2) is 16.5 Å². The van der Waals surface area contributed by atoms with Gasteiger partial charge in [0.25, 0.3) is 5.91 Å². The van der Waals surface area contributed by atoms with E-state index < -0.39 is 0 Å². The zero-order valence-corrected chi connectivity index (χ0v) is 11.6. The normalized spacial score (nSPS) is 10.6. The van der Waals surface area contributed by atoms with Crippen molar-refractivity contribution in [3.63, 3.8) is 0 Å². The number of amides is 2. The minimum absolute atomic E-state index is 0.00418. The fourth-order valence-electron chi connectivity index (χ4n) is 1.45. The van der Waals surface area contributed by atoms with Crippen LogP contribution in [0.25, 0.3) is 0 Å². The number of furan rings is 1. The molecule has 6 nitrogen and oxygen atoms in total. The summed E-state index contributed by atoms with van der Waals surface area (Å²) in [5.41, 5.74) is 5.41. The van der Waals surface area contributed by atoms with Crippen LogP contribution < -0.4 is 11.1 Å². The molecule has 0 aliphatic heterocycles. The largest absolute Gasteiger partial charge is 0.455 e. The summed E-state index contributed by atoms with van der Waals surface area (Å²) >= 11 is 0. The number of nitrogens with zero attached hydrogens (tertiary/aromatic N) is 1. The predicted octanol–water partition coefficient (Wildman–Crippen LogP) is 0.582. The van der Waals surface area contributed by atoms with E-state index in [4.69, 9.17) is 10.2 Å². The summed E-state index contributed by atoms with van der Waals surface area (Å²) in [7, 11) is 1.56. The molecule has 3 N–H and O–H groups in total. The molecular formula is C13H21N3O3. The molecule has 0 saturated carbocycles. The molecule has 0 aliphatic carbocycles. The van der Waals surface area contributed by atoms with E-state index >= 15 is 0 Å². The number of carbonyl (C=O) groups is 2. The Morgan fingerprint density at radius 1 is 1.42 bits per heavy atom. The molecule has 0 radical (unpaired) electrons. The minimum Gasteiger partial charge on any atom is -0.455 e. The van der Waals surface area contributed by atoms with E-state index in [-0.39, 0.29) is 30.7 Å². The molecular weight excluding hydrogens is 246 g/mol. The van der Waals surface area contributed by atoms with Gasteiger partial charge in [-0.05, 0) is 18.1 Å². The molecule has 0 saturated heterocycles. The lowest BCUT2D eigenvalue weighted by atomic mass is 10.2. The third kappa shape index (κ3) is 4.75. The number of nitrogens with one attached hydrogen (secondary N) is 1. The van der Waals surface area contributed by atoms with E-state index in [2.05, 4.69) is 5.32 Å². The first-order chi connectivity index (χ1) is 8.93. The molecule has 0 spiro atoms. The number of hydrogen-bond donors (Lipinski definition) is 2. The van der Waals surface area contributed by atoms with Gasteiger partial charge in [-0.2, -0.15) is 0 Å². The van der Waals surface area contributed by atoms with Crippen LogP contribution in [0.1, 0.15) is 30.2 Å². The first-order valence-electron chi connectivity index (χ1n) is 6.25. The third-order valence-corrected chi connectivity index (χ3v) is 2.51. The van der Waals surface area contributed by atoms with Crippen molar-refractivity contribution < 1.29 is 14.0 Å². The predicted molar refractivity (Wildman–Crippen MR) is 71.4 cm³/mol. The first-order valence-corrected chi connectivity index (χ1v) is 6.25. The standard InChI is InChI=1S/C13H21N3O3/c1-9(2)7-15-12(17)8-16(3)13(18)11-5-4-10(6-14)19-11/h4-5,9H,6-8,14H2,1-3H3,(H,15,17). The van der Waals surface area contributed by atoms with Gasteiger partial charge < -0.3 is 20.4 Å². The van der Waals surface area contributed by atoms with Gasteiger partial charge in [-0.3, -0.25) is 9.59 Å². The molecule has 19 heavy (non-hydrogen) atoms. The van der Waals surface area contributed by atoms with Crippen LogP contribution in [-0.2, 0) is 11.3 Å². The molecule has 1 heterocycles. The van der Waals surface area contributed by atoms with Crippen LogP contribution in [0, 0.1) is 5.92 Å². The molecule has 1 aromatic rings. The van der Waals surface area contributed by atoms with Crippen molar-refractivity contribution in [1.82, 2.24) is 10.2 Å². The molecule has 0 aromatic carbocycles. The van der Waals surface area contributed by atoms with Crippen LogP contribution in [0.4, 0.5) is 0 Å². The van der Waals surface area contributed by atoms with Gasteiger partial charge in [0.2, 0.25) is 5.91 Å². The van der Waals surface area contributed by atoms with Crippen LogP contribution in [0.3, 0.4) is 0 Å². The number of carbonyl (C=O) groups excluding carboxylic acids is 2. The molecule has 0 unspecified atom stereocenters. The summed E-state index contributed by atoms with van der Waals surface area (Å²) in [6, 6.07) is 3.22. The highest BCUT2D eigenvalue weighted by Gasteiger charge is 2.18. The van der Waals surface area contributed by atoms with E-state index in [0.717, 1.165) is 0 Å². The second-order valence-corrected chi connectivity index (χ2v) is 4.83. The van der Waals surface area contributed by atoms with Gasteiger partial charge in [-0.25, -0.2) is 0 Å². The van der Waals surface area contributed by atoms with Gasteiger partial charge in [0.05, 0.1) is 13.1 Å². The Hall–Kier alpha value is -1.82. The Morgan fingerprint density at radius 3 is 2.63 bits per heavy atom. The quantitative estimate of drug-likeness (QED) is 0.789. The van der Waals surface area contributed by atoms with Crippen LogP contribution in [-0.4, -0.2) is 36.9 Å². The number of nitrogens with two attached hydrogens (primary N) is 1. The van der Waals surface area contributed by atoms with Crippen LogP contribution in [0.2, 0.25) is 0 Å². The molecule has 0 aliphatic rings. The third-order valence-electron chi connectivity index (χ3n) is 2.51. The lowest BCUT2D eigenvalue weighted by molar-refractivity contribution is -0.121. The van der Waals surface area contributed by atoms with Crippen molar-refractivity contribution in [2.75, 3.05) is 20.1 Å². The summed E-state index contributed by atoms with van der Waals surface area (Å²) in [5.74, 6) is 0.595. The summed E-state index contributed by atoms with van der Waals surface area (Å²) in [5, 5.41) is 2.75. The van der Waals surface area contributed by atoms with Gasteiger partial charge in [0, 0.05) is 13.6 Å². The van der Waals surface area contributed by atoms with E-state index in [1.54, 1.807) is 19.2 Å². The maximum absolute atomic E-state index is 12.0. The molecule has 0 fully saturated rings. The topological polar surface area (TPSA) is 88.6 Å². The SMILES string of the molecule is CC(C)CNC(=O)CN(C)C(=O)c1ccc(CN)o1. The van der Waals surface area contributed by atoms with Gasteiger partial charge in [0.15, 0.2) is 5.76 Å². The van der Waals surface area contributed by atoms with Crippen molar-refractivity contribution in [3.8, 4) is 0 Å². The zero-order chi connectivity index (χ0) is 14.4. The Bertz CT molecular complexity index is 440. The van der Waals surface area contributed by atoms with Gasteiger partial charge >= 0.3 is 0 Å². The summed E-state index contributed by atoms with van der Waals surface area (Å²) in [6.07, 6.45) is 0. The van der Waals surface area contributed by atoms with Gasteiger partial charge in [-0.15, -0.1) is 0 Å². The molecule has 0 atom stereocenters. The average Bonchev–Trinajstić information content (AvgIpc) is 2.84. The number of likely N-dealkylation sites (N-methyl/N-ethyl adjacent to an activating group) is 1. The van der Waals surface area contributed by atoms with Gasteiger partial charge in [-0.1, -0.05) is 13.8 Å². The monoisotopic (exact) mass is 267 g/mol. The molecule has 2 amide bonds. The fraction of sp³-hybridized carbons (Fsp3) is 0.538. The van der Waals surface area contributed by atoms with Crippen molar-refractivity contribution in [2.45, 2.75) is 20.4 Å². The maximum atomic E-state index is 12.0. The van der Waals surface area contributed by atoms with E-state index in [9.17, 15) is 9.59 Å². The highest BCUT2D eigenvalue weighted by molar-refractivity contribution is 5.94. The summed E-state index contributed by atoms with van der Waals surface area (Å²) in [4.78, 5) is 24.9. The second-order valence-electron chi connectivity index (χ2n) is 4.83. The fourth-order valence-corrected chi connectivity index (χ4v) is 1.45. The Kier molecular flexibility index (Phi) is 5.57. The average molecular weight is 267 g/mol. The smallest absolute Gasteiger partial charge is 0.289 e. The maximum Gasteiger partial charge on any atom is 0.289 e.